The van der Waals surface area contributed by atoms with Crippen molar-refractivity contribution in [3.8, 4) is 0 Å². The highest BCUT2D eigenvalue weighted by Gasteiger charge is 2.34. The van der Waals surface area contributed by atoms with Gasteiger partial charge in [-0.2, -0.15) is 0 Å². The molecule has 82 valence electrons. The van der Waals surface area contributed by atoms with Gasteiger partial charge in [0, 0.05) is 12.1 Å². The van der Waals surface area contributed by atoms with Crippen molar-refractivity contribution in [2.45, 2.75) is 57.5 Å². The predicted molar refractivity (Wildman–Crippen MR) is 58.2 cm³/mol. The largest absolute Gasteiger partial charge is 0.395 e. The van der Waals surface area contributed by atoms with Crippen molar-refractivity contribution >= 4 is 0 Å². The van der Waals surface area contributed by atoms with Gasteiger partial charge in [-0.05, 0) is 44.4 Å². The van der Waals surface area contributed by atoms with Crippen LogP contribution in [0.4, 0.5) is 0 Å². The van der Waals surface area contributed by atoms with E-state index in [4.69, 9.17) is 5.11 Å². The topological polar surface area (TPSA) is 32.3 Å². The van der Waals surface area contributed by atoms with Crippen LogP contribution >= 0.6 is 0 Å². The van der Waals surface area contributed by atoms with E-state index in [1.165, 1.54) is 38.5 Å². The van der Waals surface area contributed by atoms with Gasteiger partial charge in [0.05, 0.1) is 6.61 Å². The summed E-state index contributed by atoms with van der Waals surface area (Å²) in [6.45, 7) is 2.34. The highest BCUT2D eigenvalue weighted by Crippen LogP contribution is 2.43. The first-order valence-corrected chi connectivity index (χ1v) is 6.16. The first-order chi connectivity index (χ1) is 6.79. The Hall–Kier alpha value is -0.0800. The number of rotatable bonds is 4. The van der Waals surface area contributed by atoms with E-state index in [-0.39, 0.29) is 12.6 Å². The summed E-state index contributed by atoms with van der Waals surface area (Å²) in [6.07, 6.45) is 8.47. The van der Waals surface area contributed by atoms with Gasteiger partial charge >= 0.3 is 0 Å². The van der Waals surface area contributed by atoms with Gasteiger partial charge in [0.15, 0.2) is 0 Å². The van der Waals surface area contributed by atoms with Gasteiger partial charge in [0.25, 0.3) is 0 Å². The Kier molecular flexibility index (Phi) is 3.45. The van der Waals surface area contributed by atoms with Crippen LogP contribution in [0.5, 0.6) is 0 Å². The van der Waals surface area contributed by atoms with Crippen LogP contribution in [0.1, 0.15) is 45.4 Å². The fourth-order valence-electron chi connectivity index (χ4n) is 2.83. The van der Waals surface area contributed by atoms with E-state index < -0.39 is 0 Å². The minimum absolute atomic E-state index is 0.268. The van der Waals surface area contributed by atoms with Crippen LogP contribution < -0.4 is 5.32 Å². The van der Waals surface area contributed by atoms with Gasteiger partial charge < -0.3 is 10.4 Å². The third-order valence-electron chi connectivity index (χ3n) is 3.80. The number of hydrogen-bond acceptors (Lipinski definition) is 2. The summed E-state index contributed by atoms with van der Waals surface area (Å²) in [7, 11) is 0. The minimum atomic E-state index is 0.268. The number of aliphatic hydroxyl groups excluding tert-OH is 1. The Bertz CT molecular complexity index is 179. The molecule has 0 aromatic rings. The molecule has 2 rings (SSSR count). The Morgan fingerprint density at radius 3 is 2.64 bits per heavy atom. The molecule has 0 aromatic carbocycles. The molecular weight excluding hydrogens is 174 g/mol. The summed E-state index contributed by atoms with van der Waals surface area (Å²) < 4.78 is 0. The van der Waals surface area contributed by atoms with E-state index in [2.05, 4.69) is 12.2 Å². The molecule has 0 radical (unpaired) electrons. The zero-order chi connectivity index (χ0) is 9.97. The molecule has 2 saturated carbocycles. The summed E-state index contributed by atoms with van der Waals surface area (Å²) in [5, 5.41) is 12.5. The van der Waals surface area contributed by atoms with Crippen LogP contribution in [0, 0.1) is 11.8 Å². The molecule has 2 N–H and O–H groups in total. The van der Waals surface area contributed by atoms with Crippen molar-refractivity contribution < 1.29 is 5.11 Å². The van der Waals surface area contributed by atoms with Gasteiger partial charge in [-0.25, -0.2) is 0 Å². The predicted octanol–water partition coefficient (Wildman–Crippen LogP) is 1.93. The smallest absolute Gasteiger partial charge is 0.0582 e. The number of hydrogen-bond donors (Lipinski definition) is 2. The average molecular weight is 197 g/mol. The fourth-order valence-corrected chi connectivity index (χ4v) is 2.83. The molecule has 2 heteroatoms. The lowest BCUT2D eigenvalue weighted by molar-refractivity contribution is 0.204. The Morgan fingerprint density at radius 2 is 2.00 bits per heavy atom. The van der Waals surface area contributed by atoms with E-state index in [1.807, 2.05) is 0 Å². The Balaban J connectivity index is 1.75. The molecule has 2 unspecified atom stereocenters. The van der Waals surface area contributed by atoms with Crippen LogP contribution in [-0.2, 0) is 0 Å². The summed E-state index contributed by atoms with van der Waals surface area (Å²) in [5.74, 6) is 2.05. The maximum absolute atomic E-state index is 8.99. The van der Waals surface area contributed by atoms with Crippen LogP contribution in [0.15, 0.2) is 0 Å². The van der Waals surface area contributed by atoms with Gasteiger partial charge in [-0.1, -0.05) is 12.8 Å². The van der Waals surface area contributed by atoms with Crippen molar-refractivity contribution in [1.29, 1.82) is 0 Å². The van der Waals surface area contributed by atoms with E-state index in [9.17, 15) is 0 Å². The lowest BCUT2D eigenvalue weighted by Crippen LogP contribution is -2.41. The van der Waals surface area contributed by atoms with Crippen molar-refractivity contribution in [3.63, 3.8) is 0 Å². The third-order valence-corrected chi connectivity index (χ3v) is 3.80. The quantitative estimate of drug-likeness (QED) is 0.721. The molecule has 2 aliphatic rings. The van der Waals surface area contributed by atoms with Crippen molar-refractivity contribution in [3.05, 3.63) is 0 Å². The second-order valence-electron chi connectivity index (χ2n) is 5.21. The molecular formula is C12H23NO. The molecule has 0 aliphatic heterocycles. The molecule has 0 bridgehead atoms. The zero-order valence-corrected chi connectivity index (χ0v) is 9.21. The molecule has 0 aromatic heterocycles. The first kappa shape index (κ1) is 10.4. The molecule has 0 heterocycles. The molecule has 2 fully saturated rings. The second-order valence-corrected chi connectivity index (χ2v) is 5.21. The van der Waals surface area contributed by atoms with Crippen LogP contribution in [0.3, 0.4) is 0 Å². The first-order valence-electron chi connectivity index (χ1n) is 6.16. The highest BCUT2D eigenvalue weighted by molar-refractivity contribution is 4.88. The number of nitrogens with one attached hydrogen (secondary N) is 1. The Labute approximate surface area is 87.1 Å². The third kappa shape index (κ3) is 2.71. The molecule has 2 nitrogen and oxygen atoms in total. The summed E-state index contributed by atoms with van der Waals surface area (Å²) in [4.78, 5) is 0. The average Bonchev–Trinajstić information content (AvgIpc) is 3.01. The lowest BCUT2D eigenvalue weighted by Gasteiger charge is -2.31. The fraction of sp³-hybridized carbons (Fsp3) is 1.00. The Morgan fingerprint density at radius 1 is 1.21 bits per heavy atom. The van der Waals surface area contributed by atoms with E-state index in [0.717, 1.165) is 11.8 Å². The van der Waals surface area contributed by atoms with Gasteiger partial charge in [0.2, 0.25) is 0 Å². The van der Waals surface area contributed by atoms with Gasteiger partial charge in [0.1, 0.15) is 0 Å². The standard InChI is InChI=1S/C12H23NO/c1-9(8-14)13-12-4-2-3-11(7-12)10-5-6-10/h9-14H,2-8H2,1H3/t9-,11?,12?/m0/s1. The lowest BCUT2D eigenvalue weighted by atomic mass is 9.82. The monoisotopic (exact) mass is 197 g/mol. The summed E-state index contributed by atoms with van der Waals surface area (Å²) >= 11 is 0. The molecule has 2 aliphatic carbocycles. The van der Waals surface area contributed by atoms with Gasteiger partial charge in [-0.15, -0.1) is 0 Å². The molecule has 0 spiro atoms. The van der Waals surface area contributed by atoms with E-state index in [1.54, 1.807) is 0 Å². The van der Waals surface area contributed by atoms with E-state index >= 15 is 0 Å². The maximum Gasteiger partial charge on any atom is 0.0582 e. The molecule has 3 atom stereocenters. The SMILES string of the molecule is C[C@@H](CO)NC1CCCC(C2CC2)C1. The normalized spacial score (nSPS) is 35.6. The zero-order valence-electron chi connectivity index (χ0n) is 9.21. The summed E-state index contributed by atoms with van der Waals surface area (Å²) in [5.41, 5.74) is 0. The van der Waals surface area contributed by atoms with Crippen molar-refractivity contribution in [2.75, 3.05) is 6.61 Å². The van der Waals surface area contributed by atoms with Gasteiger partial charge in [-0.3, -0.25) is 0 Å². The second kappa shape index (κ2) is 4.63. The molecule has 0 saturated heterocycles. The molecule has 0 amide bonds. The van der Waals surface area contributed by atoms with Crippen molar-refractivity contribution in [2.24, 2.45) is 11.8 Å². The van der Waals surface area contributed by atoms with Crippen LogP contribution in [0.25, 0.3) is 0 Å². The van der Waals surface area contributed by atoms with Crippen LogP contribution in [-0.4, -0.2) is 23.8 Å². The molecule has 14 heavy (non-hydrogen) atoms. The van der Waals surface area contributed by atoms with E-state index in [0.29, 0.717) is 6.04 Å². The maximum atomic E-state index is 8.99. The summed E-state index contributed by atoms with van der Waals surface area (Å²) in [6, 6.07) is 0.953. The van der Waals surface area contributed by atoms with Crippen LogP contribution in [0.2, 0.25) is 0 Å². The van der Waals surface area contributed by atoms with Crippen molar-refractivity contribution in [1.82, 2.24) is 5.32 Å². The highest BCUT2D eigenvalue weighted by atomic mass is 16.3. The number of aliphatic hydroxyl groups is 1. The minimum Gasteiger partial charge on any atom is -0.395 e.